The molecule has 3 heterocycles. The fourth-order valence-electron chi connectivity index (χ4n) is 3.82. The molecule has 0 radical (unpaired) electrons. The second kappa shape index (κ2) is 7.65. The number of anilines is 1. The van der Waals surface area contributed by atoms with Gasteiger partial charge in [0.1, 0.15) is 5.75 Å². The van der Waals surface area contributed by atoms with E-state index < -0.39 is 23.5 Å². The van der Waals surface area contributed by atoms with Crippen LogP contribution in [0.1, 0.15) is 27.7 Å². The number of nitrogens with zero attached hydrogens (tertiary/aromatic N) is 2. The van der Waals surface area contributed by atoms with Crippen LogP contribution in [-0.2, 0) is 4.79 Å². The van der Waals surface area contributed by atoms with E-state index in [0.717, 1.165) is 15.8 Å². The average molecular weight is 446 g/mol. The molecule has 32 heavy (non-hydrogen) atoms. The average Bonchev–Trinajstić information content (AvgIpc) is 3.52. The second-order valence-corrected chi connectivity index (χ2v) is 8.40. The van der Waals surface area contributed by atoms with Gasteiger partial charge in [0, 0.05) is 0 Å². The van der Waals surface area contributed by atoms with Gasteiger partial charge in [0.2, 0.25) is 5.78 Å². The van der Waals surface area contributed by atoms with Crippen molar-refractivity contribution in [3.8, 4) is 5.75 Å². The molecule has 7 nitrogen and oxygen atoms in total. The molecule has 1 N–H and O–H groups in total. The van der Waals surface area contributed by atoms with E-state index in [0.29, 0.717) is 16.4 Å². The highest BCUT2D eigenvalue weighted by Crippen LogP contribution is 2.44. The van der Waals surface area contributed by atoms with E-state index >= 15 is 0 Å². The van der Waals surface area contributed by atoms with E-state index in [2.05, 4.69) is 4.98 Å². The predicted octanol–water partition coefficient (Wildman–Crippen LogP) is 4.99. The van der Waals surface area contributed by atoms with Crippen molar-refractivity contribution in [3.63, 3.8) is 0 Å². The summed E-state index contributed by atoms with van der Waals surface area (Å²) in [5, 5.41) is 11.2. The number of amides is 1. The molecule has 0 saturated carbocycles. The summed E-state index contributed by atoms with van der Waals surface area (Å²) in [4.78, 5) is 32.5. The lowest BCUT2D eigenvalue weighted by Crippen LogP contribution is -2.31. The van der Waals surface area contributed by atoms with Crippen LogP contribution in [0.25, 0.3) is 10.2 Å². The Hall–Kier alpha value is -3.91. The Morgan fingerprint density at radius 1 is 1.19 bits per heavy atom. The number of aliphatic hydroxyl groups excluding tert-OH is 1. The highest BCUT2D eigenvalue weighted by Gasteiger charge is 2.46. The first kappa shape index (κ1) is 20.0. The quantitative estimate of drug-likeness (QED) is 0.434. The SMILES string of the molecule is COc1cccc(C2C(C(=O)c3ccco3)=C(O)C(=O)N2c2nc3ccc(C)cc3s2)c1. The first-order chi connectivity index (χ1) is 15.5. The number of aryl methyl sites for hydroxylation is 1. The molecule has 2 aromatic carbocycles. The summed E-state index contributed by atoms with van der Waals surface area (Å²) >= 11 is 1.32. The van der Waals surface area contributed by atoms with Gasteiger partial charge in [0.15, 0.2) is 16.7 Å². The Morgan fingerprint density at radius 2 is 2.03 bits per heavy atom. The van der Waals surface area contributed by atoms with Crippen LogP contribution in [0.15, 0.2) is 76.6 Å². The number of benzene rings is 2. The molecule has 0 saturated heterocycles. The number of ketones is 1. The van der Waals surface area contributed by atoms with E-state index in [9.17, 15) is 14.7 Å². The zero-order valence-electron chi connectivity index (χ0n) is 17.2. The van der Waals surface area contributed by atoms with Gasteiger partial charge in [-0.1, -0.05) is 29.5 Å². The third kappa shape index (κ3) is 3.16. The molecule has 4 aromatic rings. The van der Waals surface area contributed by atoms with Gasteiger partial charge in [0.05, 0.1) is 35.2 Å². The minimum atomic E-state index is -0.892. The van der Waals surface area contributed by atoms with E-state index in [-0.39, 0.29) is 11.3 Å². The number of thiazole rings is 1. The summed E-state index contributed by atoms with van der Waals surface area (Å²) < 4.78 is 11.5. The zero-order chi connectivity index (χ0) is 22.4. The maximum atomic E-state index is 13.3. The second-order valence-electron chi connectivity index (χ2n) is 7.39. The zero-order valence-corrected chi connectivity index (χ0v) is 18.1. The molecule has 2 aromatic heterocycles. The molecule has 1 unspecified atom stereocenters. The van der Waals surface area contributed by atoms with Crippen LogP contribution >= 0.6 is 11.3 Å². The van der Waals surface area contributed by atoms with Gasteiger partial charge in [-0.05, 0) is 54.4 Å². The lowest BCUT2D eigenvalue weighted by atomic mass is 9.95. The van der Waals surface area contributed by atoms with Crippen molar-refractivity contribution in [1.82, 2.24) is 4.98 Å². The maximum Gasteiger partial charge on any atom is 0.296 e. The number of aliphatic hydroxyl groups is 1. The standard InChI is InChI=1S/C24H18N2O5S/c1-13-8-9-16-18(11-13)32-24(25-16)26-20(14-5-3-6-15(12-14)30-2)19(22(28)23(26)29)21(27)17-7-4-10-31-17/h3-12,20,28H,1-2H3. The first-order valence-electron chi connectivity index (χ1n) is 9.84. The first-order valence-corrected chi connectivity index (χ1v) is 10.7. The van der Waals surface area contributed by atoms with Crippen LogP contribution in [0.3, 0.4) is 0 Å². The van der Waals surface area contributed by atoms with Crippen molar-refractivity contribution < 1.29 is 23.8 Å². The smallest absolute Gasteiger partial charge is 0.296 e. The highest BCUT2D eigenvalue weighted by molar-refractivity contribution is 7.22. The number of ether oxygens (including phenoxy) is 1. The normalized spacial score (nSPS) is 16.2. The summed E-state index contributed by atoms with van der Waals surface area (Å²) in [6.45, 7) is 1.98. The number of methoxy groups -OCH3 is 1. The molecule has 0 aliphatic carbocycles. The van der Waals surface area contributed by atoms with Gasteiger partial charge in [-0.3, -0.25) is 14.5 Å². The van der Waals surface area contributed by atoms with Crippen LogP contribution < -0.4 is 9.64 Å². The van der Waals surface area contributed by atoms with E-state index in [4.69, 9.17) is 9.15 Å². The predicted molar refractivity (Wildman–Crippen MR) is 120 cm³/mol. The van der Waals surface area contributed by atoms with Crippen LogP contribution in [0.2, 0.25) is 0 Å². The largest absolute Gasteiger partial charge is 0.503 e. The summed E-state index contributed by atoms with van der Waals surface area (Å²) in [5.74, 6) is -1.27. The van der Waals surface area contributed by atoms with Gasteiger partial charge in [-0.2, -0.15) is 0 Å². The van der Waals surface area contributed by atoms with Crippen molar-refractivity contribution in [1.29, 1.82) is 0 Å². The van der Waals surface area contributed by atoms with Gasteiger partial charge in [0.25, 0.3) is 5.91 Å². The molecule has 1 amide bonds. The fourth-order valence-corrected chi connectivity index (χ4v) is 4.92. The van der Waals surface area contributed by atoms with Crippen molar-refractivity contribution >= 4 is 38.4 Å². The van der Waals surface area contributed by atoms with Crippen molar-refractivity contribution in [2.24, 2.45) is 0 Å². The number of fused-ring (bicyclic) bond motifs is 1. The summed E-state index contributed by atoms with van der Waals surface area (Å²) in [6, 6.07) is 15.0. The minimum Gasteiger partial charge on any atom is -0.503 e. The van der Waals surface area contributed by atoms with E-state index in [1.54, 1.807) is 30.3 Å². The highest BCUT2D eigenvalue weighted by atomic mass is 32.1. The molecule has 160 valence electrons. The molecule has 0 spiro atoms. The molecule has 1 aliphatic heterocycles. The number of rotatable bonds is 5. The topological polar surface area (TPSA) is 92.9 Å². The summed E-state index contributed by atoms with van der Waals surface area (Å²) in [7, 11) is 1.54. The van der Waals surface area contributed by atoms with Crippen molar-refractivity contribution in [2.45, 2.75) is 13.0 Å². The maximum absolute atomic E-state index is 13.3. The molecule has 0 bridgehead atoms. The van der Waals surface area contributed by atoms with Gasteiger partial charge in [-0.25, -0.2) is 4.98 Å². The number of hydrogen-bond donors (Lipinski definition) is 1. The van der Waals surface area contributed by atoms with Gasteiger partial charge >= 0.3 is 0 Å². The third-order valence-corrected chi connectivity index (χ3v) is 6.36. The monoisotopic (exact) mass is 446 g/mol. The molecule has 8 heteroatoms. The number of aromatic nitrogens is 1. The number of Topliss-reactive ketones (excluding diaryl/α,β-unsaturated/α-hetero) is 1. The summed E-state index contributed by atoms with van der Waals surface area (Å²) in [6.07, 6.45) is 1.37. The summed E-state index contributed by atoms with van der Waals surface area (Å²) in [5.41, 5.74) is 2.35. The Morgan fingerprint density at radius 3 is 2.78 bits per heavy atom. The van der Waals surface area contributed by atoms with Crippen LogP contribution in [0.4, 0.5) is 5.13 Å². The molecule has 1 aliphatic rings. The third-order valence-electron chi connectivity index (χ3n) is 5.35. The Labute approximate surface area is 187 Å². The fraction of sp³-hybridized carbons (Fsp3) is 0.125. The van der Waals surface area contributed by atoms with E-state index in [1.165, 1.54) is 35.7 Å². The molecule has 5 rings (SSSR count). The minimum absolute atomic E-state index is 0.0361. The Kier molecular flexibility index (Phi) is 4.79. The Bertz CT molecular complexity index is 1390. The lowest BCUT2D eigenvalue weighted by Gasteiger charge is -2.24. The lowest BCUT2D eigenvalue weighted by molar-refractivity contribution is -0.117. The molecular weight excluding hydrogens is 428 g/mol. The van der Waals surface area contributed by atoms with Crippen LogP contribution in [0.5, 0.6) is 5.75 Å². The number of carbonyl (C=O) groups is 2. The van der Waals surface area contributed by atoms with Gasteiger partial charge in [-0.15, -0.1) is 0 Å². The molecule has 1 atom stereocenters. The number of hydrogen-bond acceptors (Lipinski definition) is 7. The van der Waals surface area contributed by atoms with Crippen LogP contribution in [-0.4, -0.2) is 28.9 Å². The molecule has 0 fully saturated rings. The van der Waals surface area contributed by atoms with Crippen molar-refractivity contribution in [2.75, 3.05) is 12.0 Å². The van der Waals surface area contributed by atoms with Crippen LogP contribution in [0, 0.1) is 6.92 Å². The number of carbonyl (C=O) groups excluding carboxylic acids is 2. The van der Waals surface area contributed by atoms with E-state index in [1.807, 2.05) is 25.1 Å². The van der Waals surface area contributed by atoms with Crippen molar-refractivity contribution in [3.05, 3.63) is 89.1 Å². The Balaban J connectivity index is 1.69. The van der Waals surface area contributed by atoms with Gasteiger partial charge < -0.3 is 14.3 Å². The molecular formula is C24H18N2O5S. The number of furan rings is 1.